The summed E-state index contributed by atoms with van der Waals surface area (Å²) in [7, 11) is 1.61. The average molecular weight is 300 g/mol. The fourth-order valence-corrected chi connectivity index (χ4v) is 1.92. The van der Waals surface area contributed by atoms with Crippen LogP contribution < -0.4 is 20.1 Å². The largest absolute Gasteiger partial charge is 0.497 e. The third-order valence-corrected chi connectivity index (χ3v) is 2.97. The molecule has 1 amide bonds. The van der Waals surface area contributed by atoms with Crippen LogP contribution in [0.1, 0.15) is 6.92 Å². The molecule has 2 aromatic carbocycles. The molecule has 0 aliphatic carbocycles. The zero-order valence-electron chi connectivity index (χ0n) is 12.8. The lowest BCUT2D eigenvalue weighted by Crippen LogP contribution is -2.21. The summed E-state index contributed by atoms with van der Waals surface area (Å²) in [6.07, 6.45) is 0. The van der Waals surface area contributed by atoms with Crippen LogP contribution in [0.2, 0.25) is 0 Å². The van der Waals surface area contributed by atoms with E-state index in [0.29, 0.717) is 6.61 Å². The summed E-state index contributed by atoms with van der Waals surface area (Å²) in [4.78, 5) is 11.9. The van der Waals surface area contributed by atoms with Gasteiger partial charge in [0.05, 0.1) is 20.3 Å². The van der Waals surface area contributed by atoms with Gasteiger partial charge in [-0.3, -0.25) is 4.79 Å². The van der Waals surface area contributed by atoms with Crippen molar-refractivity contribution < 1.29 is 14.3 Å². The van der Waals surface area contributed by atoms with Crippen LogP contribution in [0.4, 0.5) is 11.4 Å². The zero-order chi connectivity index (χ0) is 15.8. The number of carbonyl (C=O) groups is 1. The van der Waals surface area contributed by atoms with Gasteiger partial charge in [0, 0.05) is 17.4 Å². The summed E-state index contributed by atoms with van der Waals surface area (Å²) in [5.74, 6) is 1.42. The van der Waals surface area contributed by atoms with Gasteiger partial charge >= 0.3 is 0 Å². The molecule has 0 aliphatic rings. The Kier molecular flexibility index (Phi) is 5.65. The predicted molar refractivity (Wildman–Crippen MR) is 87.7 cm³/mol. The smallest absolute Gasteiger partial charge is 0.243 e. The molecule has 0 heterocycles. The Morgan fingerprint density at radius 2 is 1.82 bits per heavy atom. The van der Waals surface area contributed by atoms with Gasteiger partial charge in [0.1, 0.15) is 11.5 Å². The number of anilines is 2. The van der Waals surface area contributed by atoms with E-state index in [9.17, 15) is 4.79 Å². The van der Waals surface area contributed by atoms with Gasteiger partial charge in [-0.1, -0.05) is 6.07 Å². The van der Waals surface area contributed by atoms with Crippen molar-refractivity contribution in [3.63, 3.8) is 0 Å². The molecule has 0 unspecified atom stereocenters. The topological polar surface area (TPSA) is 59.6 Å². The minimum Gasteiger partial charge on any atom is -0.497 e. The zero-order valence-corrected chi connectivity index (χ0v) is 12.8. The molecule has 2 aromatic rings. The van der Waals surface area contributed by atoms with E-state index in [1.165, 1.54) is 0 Å². The number of amides is 1. The maximum Gasteiger partial charge on any atom is 0.243 e. The van der Waals surface area contributed by atoms with Crippen molar-refractivity contribution in [3.05, 3.63) is 48.5 Å². The van der Waals surface area contributed by atoms with E-state index in [2.05, 4.69) is 10.6 Å². The molecule has 0 bridgehead atoms. The van der Waals surface area contributed by atoms with Crippen LogP contribution in [0.5, 0.6) is 11.5 Å². The van der Waals surface area contributed by atoms with Crippen LogP contribution in [-0.2, 0) is 4.79 Å². The van der Waals surface area contributed by atoms with Crippen LogP contribution in [0.25, 0.3) is 0 Å². The quantitative estimate of drug-likeness (QED) is 0.824. The van der Waals surface area contributed by atoms with E-state index in [0.717, 1.165) is 22.9 Å². The summed E-state index contributed by atoms with van der Waals surface area (Å²) in [5, 5.41) is 5.88. The molecule has 5 heteroatoms. The Labute approximate surface area is 130 Å². The third-order valence-electron chi connectivity index (χ3n) is 2.97. The van der Waals surface area contributed by atoms with E-state index in [-0.39, 0.29) is 12.5 Å². The van der Waals surface area contributed by atoms with E-state index in [1.54, 1.807) is 7.11 Å². The number of rotatable bonds is 7. The number of carbonyl (C=O) groups excluding carboxylic acids is 1. The van der Waals surface area contributed by atoms with Gasteiger partial charge in [0.15, 0.2) is 0 Å². The Balaban J connectivity index is 1.84. The average Bonchev–Trinajstić information content (AvgIpc) is 2.55. The molecule has 0 saturated carbocycles. The Morgan fingerprint density at radius 3 is 2.50 bits per heavy atom. The second kappa shape index (κ2) is 7.93. The monoisotopic (exact) mass is 300 g/mol. The van der Waals surface area contributed by atoms with Crippen molar-refractivity contribution in [3.8, 4) is 11.5 Å². The number of hydrogen-bond acceptors (Lipinski definition) is 4. The van der Waals surface area contributed by atoms with E-state index < -0.39 is 0 Å². The van der Waals surface area contributed by atoms with Crippen LogP contribution in [-0.4, -0.2) is 26.2 Å². The van der Waals surface area contributed by atoms with E-state index in [4.69, 9.17) is 9.47 Å². The maximum atomic E-state index is 11.9. The van der Waals surface area contributed by atoms with Crippen LogP contribution in [0, 0.1) is 0 Å². The summed E-state index contributed by atoms with van der Waals surface area (Å²) in [6, 6.07) is 14.7. The van der Waals surface area contributed by atoms with Gasteiger partial charge in [0.25, 0.3) is 0 Å². The number of hydrogen-bond donors (Lipinski definition) is 2. The first-order valence-corrected chi connectivity index (χ1v) is 7.12. The van der Waals surface area contributed by atoms with E-state index in [1.807, 2.05) is 55.5 Å². The molecule has 0 aliphatic heterocycles. The lowest BCUT2D eigenvalue weighted by molar-refractivity contribution is -0.114. The highest BCUT2D eigenvalue weighted by molar-refractivity contribution is 5.93. The van der Waals surface area contributed by atoms with Crippen molar-refractivity contribution >= 4 is 17.3 Å². The summed E-state index contributed by atoms with van der Waals surface area (Å²) in [5.41, 5.74) is 1.57. The standard InChI is InChI=1S/C17H20N2O3/c1-3-22-15-9-7-13(8-10-15)19-17(20)12-18-14-5-4-6-16(11-14)21-2/h4-11,18H,3,12H2,1-2H3,(H,19,20). The Bertz CT molecular complexity index is 612. The molecular weight excluding hydrogens is 280 g/mol. The highest BCUT2D eigenvalue weighted by atomic mass is 16.5. The van der Waals surface area contributed by atoms with Gasteiger partial charge in [-0.2, -0.15) is 0 Å². The highest BCUT2D eigenvalue weighted by Crippen LogP contribution is 2.17. The van der Waals surface area contributed by atoms with E-state index >= 15 is 0 Å². The molecule has 22 heavy (non-hydrogen) atoms. The molecule has 0 atom stereocenters. The van der Waals surface area contributed by atoms with Crippen molar-refractivity contribution in [1.29, 1.82) is 0 Å². The summed E-state index contributed by atoms with van der Waals surface area (Å²) in [6.45, 7) is 2.73. The first-order chi connectivity index (χ1) is 10.7. The first-order valence-electron chi connectivity index (χ1n) is 7.12. The van der Waals surface area contributed by atoms with Crippen molar-refractivity contribution in [1.82, 2.24) is 0 Å². The van der Waals surface area contributed by atoms with Gasteiger partial charge < -0.3 is 20.1 Å². The fourth-order valence-electron chi connectivity index (χ4n) is 1.92. The van der Waals surface area contributed by atoms with Crippen molar-refractivity contribution in [2.24, 2.45) is 0 Å². The Hall–Kier alpha value is -2.69. The van der Waals surface area contributed by atoms with Crippen LogP contribution in [0.3, 0.4) is 0 Å². The SMILES string of the molecule is CCOc1ccc(NC(=O)CNc2cccc(OC)c2)cc1. The van der Waals surface area contributed by atoms with Crippen molar-refractivity contribution in [2.45, 2.75) is 6.92 Å². The molecule has 0 fully saturated rings. The summed E-state index contributed by atoms with van der Waals surface area (Å²) < 4.78 is 10.5. The molecular formula is C17H20N2O3. The van der Waals surface area contributed by atoms with Crippen LogP contribution in [0.15, 0.2) is 48.5 Å². The number of nitrogens with one attached hydrogen (secondary N) is 2. The molecule has 0 aromatic heterocycles. The normalized spacial score (nSPS) is 9.91. The number of methoxy groups -OCH3 is 1. The molecule has 0 saturated heterocycles. The fraction of sp³-hybridized carbons (Fsp3) is 0.235. The highest BCUT2D eigenvalue weighted by Gasteiger charge is 2.03. The molecule has 0 spiro atoms. The second-order valence-electron chi connectivity index (χ2n) is 4.59. The summed E-state index contributed by atoms with van der Waals surface area (Å²) >= 11 is 0. The van der Waals surface area contributed by atoms with Gasteiger partial charge in [-0.15, -0.1) is 0 Å². The van der Waals surface area contributed by atoms with Gasteiger partial charge in [-0.25, -0.2) is 0 Å². The van der Waals surface area contributed by atoms with Crippen LogP contribution >= 0.6 is 0 Å². The molecule has 0 radical (unpaired) electrons. The first kappa shape index (κ1) is 15.7. The maximum absolute atomic E-state index is 11.9. The van der Waals surface area contributed by atoms with Gasteiger partial charge in [-0.05, 0) is 43.3 Å². The second-order valence-corrected chi connectivity index (χ2v) is 4.59. The number of benzene rings is 2. The predicted octanol–water partition coefficient (Wildman–Crippen LogP) is 3.14. The minimum atomic E-state index is -0.119. The minimum absolute atomic E-state index is 0.119. The molecule has 2 N–H and O–H groups in total. The molecule has 116 valence electrons. The third kappa shape index (κ3) is 4.70. The molecule has 2 rings (SSSR count). The number of ether oxygens (including phenoxy) is 2. The lowest BCUT2D eigenvalue weighted by Gasteiger charge is -2.09. The van der Waals surface area contributed by atoms with Crippen molar-refractivity contribution in [2.75, 3.05) is 30.9 Å². The van der Waals surface area contributed by atoms with Gasteiger partial charge in [0.2, 0.25) is 5.91 Å². The Morgan fingerprint density at radius 1 is 1.05 bits per heavy atom. The lowest BCUT2D eigenvalue weighted by atomic mass is 10.3. The molecule has 5 nitrogen and oxygen atoms in total.